The molecule has 0 saturated heterocycles. The summed E-state index contributed by atoms with van der Waals surface area (Å²) in [5, 5.41) is 10.5. The Morgan fingerprint density at radius 2 is 1.60 bits per heavy atom. The monoisotopic (exact) mass is 365 g/mol. The molecule has 0 fully saturated rings. The van der Waals surface area contributed by atoms with Crippen molar-refractivity contribution in [1.82, 2.24) is 0 Å². The predicted octanol–water partition coefficient (Wildman–Crippen LogP) is 5.58. The molecule has 0 aliphatic heterocycles. The van der Waals surface area contributed by atoms with Gasteiger partial charge in [0.05, 0.1) is 11.9 Å². The van der Waals surface area contributed by atoms with Gasteiger partial charge in [0.15, 0.2) is 5.11 Å². The van der Waals surface area contributed by atoms with Crippen LogP contribution in [0.4, 0.5) is 11.4 Å². The first-order valence-corrected chi connectivity index (χ1v) is 8.52. The van der Waals surface area contributed by atoms with E-state index in [1.54, 1.807) is 11.2 Å². The third-order valence-electron chi connectivity index (χ3n) is 3.39. The second kappa shape index (κ2) is 8.42. The molecule has 3 rings (SSSR count). The maximum atomic E-state index is 6.04. The smallest absolute Gasteiger partial charge is 0.198 e. The van der Waals surface area contributed by atoms with E-state index >= 15 is 0 Å². The van der Waals surface area contributed by atoms with Crippen LogP contribution in [-0.2, 0) is 0 Å². The number of para-hydroxylation sites is 1. The van der Waals surface area contributed by atoms with Crippen LogP contribution in [0.1, 0.15) is 5.56 Å². The van der Waals surface area contributed by atoms with Gasteiger partial charge in [-0.15, -0.1) is 0 Å². The highest BCUT2D eigenvalue weighted by Crippen LogP contribution is 2.19. The number of rotatable bonds is 4. The maximum Gasteiger partial charge on any atom is 0.198 e. The van der Waals surface area contributed by atoms with Crippen molar-refractivity contribution in [2.45, 2.75) is 0 Å². The average Bonchev–Trinajstić information content (AvgIpc) is 2.64. The van der Waals surface area contributed by atoms with Crippen LogP contribution >= 0.6 is 23.8 Å². The van der Waals surface area contributed by atoms with Crippen molar-refractivity contribution in [2.75, 3.05) is 10.3 Å². The van der Waals surface area contributed by atoms with Gasteiger partial charge >= 0.3 is 0 Å². The van der Waals surface area contributed by atoms with Crippen molar-refractivity contribution >= 4 is 46.5 Å². The Balaban J connectivity index is 1.85. The third kappa shape index (κ3) is 4.89. The minimum Gasteiger partial charge on any atom is -0.331 e. The summed E-state index contributed by atoms with van der Waals surface area (Å²) >= 11 is 11.6. The summed E-state index contributed by atoms with van der Waals surface area (Å²) in [4.78, 5) is 0. The molecule has 0 aliphatic carbocycles. The average molecular weight is 366 g/mol. The van der Waals surface area contributed by atoms with Crippen molar-refractivity contribution in [3.8, 4) is 0 Å². The Labute approximate surface area is 157 Å². The number of anilines is 2. The van der Waals surface area contributed by atoms with Gasteiger partial charge in [-0.1, -0.05) is 66.2 Å². The topological polar surface area (TPSA) is 27.6 Å². The Morgan fingerprint density at radius 3 is 2.28 bits per heavy atom. The van der Waals surface area contributed by atoms with E-state index < -0.39 is 0 Å². The number of nitrogens with zero attached hydrogens (tertiary/aromatic N) is 2. The first-order chi connectivity index (χ1) is 12.2. The molecule has 0 aromatic heterocycles. The molecule has 5 heteroatoms. The Morgan fingerprint density at radius 1 is 0.920 bits per heavy atom. The highest BCUT2D eigenvalue weighted by atomic mass is 35.5. The standard InChI is InChI=1S/C20H16ClN3S/c21-17-10-7-11-18(14-17)23-20(25)24(19-12-5-2-6-13-19)22-15-16-8-3-1-4-9-16/h1-15H,(H,23,25)/b22-15+. The molecule has 0 radical (unpaired) electrons. The predicted molar refractivity (Wildman–Crippen MR) is 111 cm³/mol. The van der Waals surface area contributed by atoms with Gasteiger partial charge in [0.25, 0.3) is 0 Å². The molecule has 0 aliphatic rings. The van der Waals surface area contributed by atoms with Crippen molar-refractivity contribution in [3.05, 3.63) is 95.5 Å². The molecule has 3 nitrogen and oxygen atoms in total. The van der Waals surface area contributed by atoms with Crippen LogP contribution in [0, 0.1) is 0 Å². The first kappa shape index (κ1) is 17.1. The van der Waals surface area contributed by atoms with Crippen molar-refractivity contribution in [1.29, 1.82) is 0 Å². The van der Waals surface area contributed by atoms with E-state index in [1.165, 1.54) is 0 Å². The molecule has 0 unspecified atom stereocenters. The van der Waals surface area contributed by atoms with Gasteiger partial charge in [0.2, 0.25) is 0 Å². The maximum absolute atomic E-state index is 6.04. The molecule has 1 N–H and O–H groups in total. The van der Waals surface area contributed by atoms with E-state index in [0.717, 1.165) is 16.9 Å². The molecule has 0 heterocycles. The van der Waals surface area contributed by atoms with Gasteiger partial charge in [0.1, 0.15) is 0 Å². The summed E-state index contributed by atoms with van der Waals surface area (Å²) in [5.41, 5.74) is 2.68. The van der Waals surface area contributed by atoms with Crippen LogP contribution in [0.25, 0.3) is 0 Å². The van der Waals surface area contributed by atoms with Gasteiger partial charge in [0, 0.05) is 10.7 Å². The summed E-state index contributed by atoms with van der Waals surface area (Å²) in [5.74, 6) is 0. The molecule has 0 bridgehead atoms. The molecule has 0 saturated carbocycles. The summed E-state index contributed by atoms with van der Waals surface area (Å²) in [6, 6.07) is 27.0. The van der Waals surface area contributed by atoms with Crippen LogP contribution in [0.5, 0.6) is 0 Å². The third-order valence-corrected chi connectivity index (χ3v) is 3.90. The summed E-state index contributed by atoms with van der Waals surface area (Å²) in [6.45, 7) is 0. The van der Waals surface area contributed by atoms with Crippen molar-refractivity contribution in [3.63, 3.8) is 0 Å². The second-order valence-electron chi connectivity index (χ2n) is 5.24. The molecular weight excluding hydrogens is 350 g/mol. The van der Waals surface area contributed by atoms with Crippen molar-refractivity contribution < 1.29 is 0 Å². The SMILES string of the molecule is S=C(Nc1cccc(Cl)c1)N(/N=C/c1ccccc1)c1ccccc1. The van der Waals surface area contributed by atoms with E-state index in [0.29, 0.717) is 10.1 Å². The fourth-order valence-corrected chi connectivity index (χ4v) is 2.67. The Bertz CT molecular complexity index is 866. The minimum atomic E-state index is 0.459. The van der Waals surface area contributed by atoms with Crippen LogP contribution in [0.15, 0.2) is 90.0 Å². The lowest BCUT2D eigenvalue weighted by Gasteiger charge is -2.21. The van der Waals surface area contributed by atoms with Crippen LogP contribution in [0.2, 0.25) is 5.02 Å². The van der Waals surface area contributed by atoms with E-state index in [4.69, 9.17) is 23.8 Å². The summed E-state index contributed by atoms with van der Waals surface area (Å²) in [6.07, 6.45) is 1.78. The molecule has 0 amide bonds. The Kier molecular flexibility index (Phi) is 5.77. The zero-order valence-electron chi connectivity index (χ0n) is 13.3. The van der Waals surface area contributed by atoms with Gasteiger partial charge < -0.3 is 5.32 Å². The van der Waals surface area contributed by atoms with Crippen LogP contribution in [-0.4, -0.2) is 11.3 Å². The number of thiocarbonyl (C=S) groups is 1. The van der Waals surface area contributed by atoms with Gasteiger partial charge in [-0.25, -0.2) is 5.01 Å². The number of hydrazone groups is 1. The summed E-state index contributed by atoms with van der Waals surface area (Å²) < 4.78 is 0. The second-order valence-corrected chi connectivity index (χ2v) is 6.07. The van der Waals surface area contributed by atoms with Gasteiger partial charge in [-0.2, -0.15) is 5.10 Å². The molecule has 124 valence electrons. The number of benzene rings is 3. The molecular formula is C20H16ClN3S. The number of halogens is 1. The molecule has 3 aromatic rings. The zero-order valence-corrected chi connectivity index (χ0v) is 14.9. The fourth-order valence-electron chi connectivity index (χ4n) is 2.21. The normalized spacial score (nSPS) is 10.6. The number of hydrogen-bond acceptors (Lipinski definition) is 2. The number of hydrogen-bond donors (Lipinski definition) is 1. The lowest BCUT2D eigenvalue weighted by Crippen LogP contribution is -2.30. The van der Waals surface area contributed by atoms with E-state index in [1.807, 2.05) is 84.9 Å². The van der Waals surface area contributed by atoms with Gasteiger partial charge in [-0.3, -0.25) is 0 Å². The minimum absolute atomic E-state index is 0.459. The van der Waals surface area contributed by atoms with Crippen LogP contribution in [0.3, 0.4) is 0 Å². The quantitative estimate of drug-likeness (QED) is 0.371. The lowest BCUT2D eigenvalue weighted by molar-refractivity contribution is 1.15. The number of nitrogens with one attached hydrogen (secondary N) is 1. The first-order valence-electron chi connectivity index (χ1n) is 7.73. The zero-order chi connectivity index (χ0) is 17.5. The lowest BCUT2D eigenvalue weighted by atomic mass is 10.2. The summed E-state index contributed by atoms with van der Waals surface area (Å²) in [7, 11) is 0. The van der Waals surface area contributed by atoms with E-state index in [-0.39, 0.29) is 0 Å². The molecule has 3 aromatic carbocycles. The van der Waals surface area contributed by atoms with Gasteiger partial charge in [-0.05, 0) is 48.1 Å². The highest BCUT2D eigenvalue weighted by Gasteiger charge is 2.11. The largest absolute Gasteiger partial charge is 0.331 e. The Hall–Kier alpha value is -2.69. The highest BCUT2D eigenvalue weighted by molar-refractivity contribution is 7.80. The van der Waals surface area contributed by atoms with E-state index in [2.05, 4.69) is 10.4 Å². The molecule has 0 atom stereocenters. The van der Waals surface area contributed by atoms with Crippen LogP contribution < -0.4 is 10.3 Å². The molecule has 25 heavy (non-hydrogen) atoms. The van der Waals surface area contributed by atoms with Crippen molar-refractivity contribution in [2.24, 2.45) is 5.10 Å². The fraction of sp³-hybridized carbons (Fsp3) is 0. The molecule has 0 spiro atoms. The van der Waals surface area contributed by atoms with E-state index in [9.17, 15) is 0 Å².